The molecular formula is C15H17F2NO3S. The standard InChI is InChI=1S/C15H17F2NO3S/c1-11(19)12-2-4-13(5-3-12)22(20,21)18-8-6-14(7-9-18)10-15(14,16)17/h2-5H,6-10H2,1H3. The molecule has 120 valence electrons. The van der Waals surface area contributed by atoms with Crippen LogP contribution in [0.25, 0.3) is 0 Å². The predicted molar refractivity (Wildman–Crippen MR) is 76.4 cm³/mol. The van der Waals surface area contributed by atoms with Crippen LogP contribution in [0.15, 0.2) is 29.2 Å². The van der Waals surface area contributed by atoms with E-state index in [1.54, 1.807) is 0 Å². The Kier molecular flexibility index (Phi) is 3.41. The van der Waals surface area contributed by atoms with Gasteiger partial charge in [0.15, 0.2) is 5.78 Å². The van der Waals surface area contributed by atoms with E-state index in [0.29, 0.717) is 5.56 Å². The summed E-state index contributed by atoms with van der Waals surface area (Å²) in [6.45, 7) is 1.64. The number of rotatable bonds is 3. The topological polar surface area (TPSA) is 54.5 Å². The first kappa shape index (κ1) is 15.6. The van der Waals surface area contributed by atoms with Crippen LogP contribution in [-0.4, -0.2) is 37.5 Å². The zero-order valence-electron chi connectivity index (χ0n) is 12.2. The van der Waals surface area contributed by atoms with Gasteiger partial charge in [-0.1, -0.05) is 12.1 Å². The molecule has 0 atom stereocenters. The lowest BCUT2D eigenvalue weighted by Gasteiger charge is -2.31. The smallest absolute Gasteiger partial charge is 0.254 e. The van der Waals surface area contributed by atoms with Crippen LogP contribution in [0.2, 0.25) is 0 Å². The number of carbonyl (C=O) groups is 1. The van der Waals surface area contributed by atoms with Crippen molar-refractivity contribution in [2.45, 2.75) is 37.0 Å². The average Bonchev–Trinajstić information content (AvgIpc) is 2.99. The number of piperidine rings is 1. The Labute approximate surface area is 128 Å². The molecule has 1 saturated carbocycles. The van der Waals surface area contributed by atoms with Crippen molar-refractivity contribution in [3.05, 3.63) is 29.8 Å². The Morgan fingerprint density at radius 1 is 1.14 bits per heavy atom. The Bertz CT molecular complexity index is 705. The average molecular weight is 329 g/mol. The summed E-state index contributed by atoms with van der Waals surface area (Å²) >= 11 is 0. The molecule has 1 aliphatic carbocycles. The summed E-state index contributed by atoms with van der Waals surface area (Å²) in [5, 5.41) is 0. The molecule has 3 rings (SSSR count). The number of ketones is 1. The molecule has 1 spiro atoms. The van der Waals surface area contributed by atoms with Gasteiger partial charge in [0.05, 0.1) is 4.90 Å². The predicted octanol–water partition coefficient (Wildman–Crippen LogP) is 2.70. The molecule has 1 aromatic carbocycles. The van der Waals surface area contributed by atoms with Gasteiger partial charge in [0.25, 0.3) is 5.92 Å². The van der Waals surface area contributed by atoms with Crippen LogP contribution in [0.3, 0.4) is 0 Å². The Morgan fingerprint density at radius 3 is 2.05 bits per heavy atom. The van der Waals surface area contributed by atoms with E-state index in [1.165, 1.54) is 35.5 Å². The van der Waals surface area contributed by atoms with E-state index in [4.69, 9.17) is 0 Å². The summed E-state index contributed by atoms with van der Waals surface area (Å²) in [6, 6.07) is 5.72. The molecule has 1 heterocycles. The minimum Gasteiger partial charge on any atom is -0.295 e. The van der Waals surface area contributed by atoms with Crippen LogP contribution >= 0.6 is 0 Å². The molecule has 1 saturated heterocycles. The molecule has 22 heavy (non-hydrogen) atoms. The lowest BCUT2D eigenvalue weighted by atomic mass is 9.94. The van der Waals surface area contributed by atoms with Gasteiger partial charge in [-0.05, 0) is 31.9 Å². The fourth-order valence-corrected chi connectivity index (χ4v) is 4.53. The largest absolute Gasteiger partial charge is 0.295 e. The third kappa shape index (κ3) is 2.36. The number of sulfonamides is 1. The van der Waals surface area contributed by atoms with E-state index in [9.17, 15) is 22.0 Å². The highest BCUT2D eigenvalue weighted by molar-refractivity contribution is 7.89. The fraction of sp³-hybridized carbons (Fsp3) is 0.533. The van der Waals surface area contributed by atoms with Crippen LogP contribution in [0.4, 0.5) is 8.78 Å². The lowest BCUT2D eigenvalue weighted by molar-refractivity contribution is 0.0426. The monoisotopic (exact) mass is 329 g/mol. The molecule has 4 nitrogen and oxygen atoms in total. The van der Waals surface area contributed by atoms with Crippen LogP contribution in [-0.2, 0) is 10.0 Å². The van der Waals surface area contributed by atoms with Crippen molar-refractivity contribution in [1.82, 2.24) is 4.31 Å². The van der Waals surface area contributed by atoms with Crippen LogP contribution in [0, 0.1) is 5.41 Å². The number of hydrogen-bond donors (Lipinski definition) is 0. The van der Waals surface area contributed by atoms with Gasteiger partial charge in [0.1, 0.15) is 0 Å². The molecule has 0 radical (unpaired) electrons. The zero-order chi connectivity index (χ0) is 16.2. The van der Waals surface area contributed by atoms with Crippen molar-refractivity contribution >= 4 is 15.8 Å². The van der Waals surface area contributed by atoms with Crippen molar-refractivity contribution < 1.29 is 22.0 Å². The molecule has 1 aliphatic heterocycles. The quantitative estimate of drug-likeness (QED) is 0.801. The van der Waals surface area contributed by atoms with Gasteiger partial charge < -0.3 is 0 Å². The molecule has 0 N–H and O–H groups in total. The van der Waals surface area contributed by atoms with E-state index in [-0.39, 0.29) is 43.0 Å². The van der Waals surface area contributed by atoms with Gasteiger partial charge in [-0.2, -0.15) is 4.31 Å². The maximum absolute atomic E-state index is 13.3. The highest BCUT2D eigenvalue weighted by Crippen LogP contribution is 2.66. The third-order valence-electron chi connectivity index (χ3n) is 4.79. The van der Waals surface area contributed by atoms with E-state index in [2.05, 4.69) is 0 Å². The maximum Gasteiger partial charge on any atom is 0.254 e. The van der Waals surface area contributed by atoms with E-state index in [0.717, 1.165) is 0 Å². The highest BCUT2D eigenvalue weighted by atomic mass is 32.2. The van der Waals surface area contributed by atoms with E-state index in [1.807, 2.05) is 0 Å². The summed E-state index contributed by atoms with van der Waals surface area (Å²) in [6.07, 6.45) is 0.275. The number of halogens is 2. The Balaban J connectivity index is 1.75. The van der Waals surface area contributed by atoms with E-state index >= 15 is 0 Å². The normalized spacial score (nSPS) is 23.4. The first-order valence-corrected chi connectivity index (χ1v) is 8.61. The SMILES string of the molecule is CC(=O)c1ccc(S(=O)(=O)N2CCC3(CC2)CC3(F)F)cc1. The highest BCUT2D eigenvalue weighted by Gasteiger charge is 2.70. The number of alkyl halides is 2. The first-order valence-electron chi connectivity index (χ1n) is 7.17. The molecule has 0 aromatic heterocycles. The molecule has 0 unspecified atom stereocenters. The summed E-state index contributed by atoms with van der Waals surface area (Å²) in [4.78, 5) is 11.3. The minimum atomic E-state index is -3.69. The first-order chi connectivity index (χ1) is 10.2. The molecular weight excluding hydrogens is 312 g/mol. The second-order valence-corrected chi connectivity index (χ2v) is 8.08. The zero-order valence-corrected chi connectivity index (χ0v) is 13.0. The van der Waals surface area contributed by atoms with Gasteiger partial charge in [0.2, 0.25) is 10.0 Å². The van der Waals surface area contributed by atoms with Crippen molar-refractivity contribution in [3.8, 4) is 0 Å². The van der Waals surface area contributed by atoms with E-state index < -0.39 is 21.4 Å². The number of benzene rings is 1. The third-order valence-corrected chi connectivity index (χ3v) is 6.70. The summed E-state index contributed by atoms with van der Waals surface area (Å²) in [5.74, 6) is -2.77. The van der Waals surface area contributed by atoms with Gasteiger partial charge in [-0.25, -0.2) is 17.2 Å². The number of nitrogens with zero attached hydrogens (tertiary/aromatic N) is 1. The van der Waals surface area contributed by atoms with Gasteiger partial charge in [0, 0.05) is 30.5 Å². The molecule has 2 aliphatic rings. The molecule has 0 bridgehead atoms. The molecule has 2 fully saturated rings. The van der Waals surface area contributed by atoms with Crippen molar-refractivity contribution in [3.63, 3.8) is 0 Å². The van der Waals surface area contributed by atoms with Crippen molar-refractivity contribution in [2.75, 3.05) is 13.1 Å². The second kappa shape index (κ2) is 4.83. The lowest BCUT2D eigenvalue weighted by Crippen LogP contribution is -2.40. The number of Topliss-reactive ketones (excluding diaryl/α,β-unsaturated/α-hetero) is 1. The van der Waals surface area contributed by atoms with Crippen LogP contribution < -0.4 is 0 Å². The summed E-state index contributed by atoms with van der Waals surface area (Å²) in [5.41, 5.74) is -0.536. The molecule has 1 aromatic rings. The number of carbonyl (C=O) groups excluding carboxylic acids is 1. The summed E-state index contributed by atoms with van der Waals surface area (Å²) in [7, 11) is -3.69. The molecule has 0 amide bonds. The van der Waals surface area contributed by atoms with Crippen LogP contribution in [0.1, 0.15) is 36.5 Å². The van der Waals surface area contributed by atoms with Gasteiger partial charge in [-0.15, -0.1) is 0 Å². The van der Waals surface area contributed by atoms with Gasteiger partial charge >= 0.3 is 0 Å². The Morgan fingerprint density at radius 2 is 1.64 bits per heavy atom. The number of hydrogen-bond acceptors (Lipinski definition) is 3. The van der Waals surface area contributed by atoms with Crippen LogP contribution in [0.5, 0.6) is 0 Å². The van der Waals surface area contributed by atoms with Gasteiger partial charge in [-0.3, -0.25) is 4.79 Å². The minimum absolute atomic E-state index is 0.0935. The fourth-order valence-electron chi connectivity index (χ4n) is 3.09. The molecule has 7 heteroatoms. The second-order valence-electron chi connectivity index (χ2n) is 6.15. The van der Waals surface area contributed by atoms with Crippen molar-refractivity contribution in [2.24, 2.45) is 5.41 Å². The Hall–Kier alpha value is -1.34. The van der Waals surface area contributed by atoms with Crippen molar-refractivity contribution in [1.29, 1.82) is 0 Å². The maximum atomic E-state index is 13.3. The summed E-state index contributed by atoms with van der Waals surface area (Å²) < 4.78 is 53.0.